The molecule has 0 saturated carbocycles. The minimum atomic E-state index is -0.0537. The third-order valence-electron chi connectivity index (χ3n) is 3.79. The SMILES string of the molecule is Cc1nc(N(C)c2cnn(C)c2)sc1C(=O)N(C)c1ccccc1. The van der Waals surface area contributed by atoms with E-state index in [0.717, 1.165) is 22.2 Å². The van der Waals surface area contributed by atoms with E-state index in [4.69, 9.17) is 0 Å². The highest BCUT2D eigenvalue weighted by molar-refractivity contribution is 7.17. The molecule has 0 bridgehead atoms. The van der Waals surface area contributed by atoms with Crippen molar-refractivity contribution in [2.75, 3.05) is 23.9 Å². The summed E-state index contributed by atoms with van der Waals surface area (Å²) < 4.78 is 1.74. The summed E-state index contributed by atoms with van der Waals surface area (Å²) in [6.07, 6.45) is 3.68. The number of carbonyl (C=O) groups excluding carboxylic acids is 1. The monoisotopic (exact) mass is 341 g/mol. The normalized spacial score (nSPS) is 10.7. The molecule has 2 aromatic heterocycles. The molecule has 3 aromatic rings. The molecule has 0 N–H and O–H groups in total. The van der Waals surface area contributed by atoms with Crippen molar-refractivity contribution in [3.63, 3.8) is 0 Å². The van der Waals surface area contributed by atoms with Gasteiger partial charge in [0, 0.05) is 33.0 Å². The number of nitrogens with zero attached hydrogens (tertiary/aromatic N) is 5. The lowest BCUT2D eigenvalue weighted by atomic mass is 10.3. The van der Waals surface area contributed by atoms with Gasteiger partial charge in [-0.3, -0.25) is 9.48 Å². The largest absolute Gasteiger partial charge is 0.318 e. The van der Waals surface area contributed by atoms with E-state index < -0.39 is 0 Å². The zero-order chi connectivity index (χ0) is 17.3. The first-order valence-corrected chi connectivity index (χ1v) is 8.32. The van der Waals surface area contributed by atoms with Crippen molar-refractivity contribution in [2.45, 2.75) is 6.92 Å². The molecule has 124 valence electrons. The first kappa shape index (κ1) is 16.2. The molecule has 0 unspecified atom stereocenters. The summed E-state index contributed by atoms with van der Waals surface area (Å²) in [5, 5.41) is 4.94. The van der Waals surface area contributed by atoms with E-state index in [2.05, 4.69) is 10.1 Å². The maximum Gasteiger partial charge on any atom is 0.270 e. The summed E-state index contributed by atoms with van der Waals surface area (Å²) >= 11 is 1.39. The summed E-state index contributed by atoms with van der Waals surface area (Å²) in [5.74, 6) is -0.0537. The second-order valence-corrected chi connectivity index (χ2v) is 6.52. The van der Waals surface area contributed by atoms with Crippen molar-refractivity contribution in [2.24, 2.45) is 7.05 Å². The van der Waals surface area contributed by atoms with Gasteiger partial charge in [-0.1, -0.05) is 29.5 Å². The molecule has 0 spiro atoms. The minimum absolute atomic E-state index is 0.0537. The van der Waals surface area contributed by atoms with Gasteiger partial charge >= 0.3 is 0 Å². The summed E-state index contributed by atoms with van der Waals surface area (Å²) in [6.45, 7) is 1.86. The smallest absolute Gasteiger partial charge is 0.270 e. The number of thiazole rings is 1. The van der Waals surface area contributed by atoms with Crippen LogP contribution in [0, 0.1) is 6.92 Å². The van der Waals surface area contributed by atoms with Crippen molar-refractivity contribution < 1.29 is 4.79 Å². The molecule has 1 amide bonds. The molecule has 0 aliphatic carbocycles. The van der Waals surface area contributed by atoms with Crippen LogP contribution in [0.5, 0.6) is 0 Å². The lowest BCUT2D eigenvalue weighted by Gasteiger charge is -2.16. The number of hydrogen-bond acceptors (Lipinski definition) is 5. The molecule has 6 nitrogen and oxygen atoms in total. The zero-order valence-electron chi connectivity index (χ0n) is 14.1. The van der Waals surface area contributed by atoms with Crippen molar-refractivity contribution in [3.05, 3.63) is 53.3 Å². The van der Waals surface area contributed by atoms with Crippen molar-refractivity contribution in [3.8, 4) is 0 Å². The van der Waals surface area contributed by atoms with Crippen molar-refractivity contribution in [1.29, 1.82) is 0 Å². The van der Waals surface area contributed by atoms with E-state index in [1.165, 1.54) is 11.3 Å². The van der Waals surface area contributed by atoms with Crippen molar-refractivity contribution in [1.82, 2.24) is 14.8 Å². The summed E-state index contributed by atoms with van der Waals surface area (Å²) in [7, 11) is 5.57. The molecule has 0 radical (unpaired) electrons. The van der Waals surface area contributed by atoms with Crippen LogP contribution in [-0.4, -0.2) is 34.8 Å². The second kappa shape index (κ2) is 6.45. The number of benzene rings is 1. The van der Waals surface area contributed by atoms with Gasteiger partial charge in [0.15, 0.2) is 5.13 Å². The van der Waals surface area contributed by atoms with Crippen LogP contribution in [0.25, 0.3) is 0 Å². The number of aromatic nitrogens is 3. The average molecular weight is 341 g/mol. The van der Waals surface area contributed by atoms with Gasteiger partial charge in [0.2, 0.25) is 0 Å². The van der Waals surface area contributed by atoms with Gasteiger partial charge in [0.05, 0.1) is 17.6 Å². The molecule has 24 heavy (non-hydrogen) atoms. The minimum Gasteiger partial charge on any atom is -0.318 e. The van der Waals surface area contributed by atoms with Crippen LogP contribution < -0.4 is 9.80 Å². The fourth-order valence-electron chi connectivity index (χ4n) is 2.34. The Labute approximate surface area is 145 Å². The first-order chi connectivity index (χ1) is 11.5. The Morgan fingerprint density at radius 1 is 1.17 bits per heavy atom. The third kappa shape index (κ3) is 3.03. The third-order valence-corrected chi connectivity index (χ3v) is 5.02. The van der Waals surface area contributed by atoms with Crippen LogP contribution in [0.1, 0.15) is 15.4 Å². The average Bonchev–Trinajstić information content (AvgIpc) is 3.19. The fraction of sp³-hybridized carbons (Fsp3) is 0.235. The number of amides is 1. The first-order valence-electron chi connectivity index (χ1n) is 7.50. The van der Waals surface area contributed by atoms with Crippen LogP contribution in [0.15, 0.2) is 42.7 Å². The Balaban J connectivity index is 1.87. The quantitative estimate of drug-likeness (QED) is 0.731. The van der Waals surface area contributed by atoms with Gasteiger partial charge in [-0.2, -0.15) is 5.10 Å². The topological polar surface area (TPSA) is 54.3 Å². The molecule has 0 fully saturated rings. The van der Waals surface area contributed by atoms with Crippen LogP contribution >= 0.6 is 11.3 Å². The van der Waals surface area contributed by atoms with Crippen LogP contribution in [-0.2, 0) is 7.05 Å². The molecule has 1 aromatic carbocycles. The van der Waals surface area contributed by atoms with Gasteiger partial charge in [0.1, 0.15) is 4.88 Å². The van der Waals surface area contributed by atoms with E-state index >= 15 is 0 Å². The number of carbonyl (C=O) groups is 1. The number of anilines is 3. The lowest BCUT2D eigenvalue weighted by Crippen LogP contribution is -2.25. The molecule has 3 rings (SSSR count). The molecular weight excluding hydrogens is 322 g/mol. The highest BCUT2D eigenvalue weighted by Crippen LogP contribution is 2.31. The van der Waals surface area contributed by atoms with Gasteiger partial charge < -0.3 is 9.80 Å². The fourth-order valence-corrected chi connectivity index (χ4v) is 3.36. The van der Waals surface area contributed by atoms with Gasteiger partial charge in [0.25, 0.3) is 5.91 Å². The number of hydrogen-bond donors (Lipinski definition) is 0. The van der Waals surface area contributed by atoms with Gasteiger partial charge in [-0.05, 0) is 19.1 Å². The van der Waals surface area contributed by atoms with Crippen LogP contribution in [0.4, 0.5) is 16.5 Å². The Hall–Kier alpha value is -2.67. The van der Waals surface area contributed by atoms with E-state index in [9.17, 15) is 4.79 Å². The molecule has 2 heterocycles. The standard InChI is InChI=1S/C17H19N5OS/c1-12-15(16(23)21(3)13-8-6-5-7-9-13)24-17(19-12)22(4)14-10-18-20(2)11-14/h5-11H,1-4H3. The predicted octanol–water partition coefficient (Wildman–Crippen LogP) is 3.23. The lowest BCUT2D eigenvalue weighted by molar-refractivity contribution is 0.0996. The Morgan fingerprint density at radius 2 is 1.88 bits per heavy atom. The molecule has 0 aliphatic rings. The number of rotatable bonds is 4. The van der Waals surface area contributed by atoms with Crippen molar-refractivity contribution >= 4 is 33.8 Å². The number of aryl methyl sites for hydroxylation is 2. The predicted molar refractivity (Wildman–Crippen MR) is 97.3 cm³/mol. The van der Waals surface area contributed by atoms with Gasteiger partial charge in [-0.15, -0.1) is 0 Å². The van der Waals surface area contributed by atoms with Gasteiger partial charge in [-0.25, -0.2) is 4.98 Å². The molecule has 7 heteroatoms. The van der Waals surface area contributed by atoms with E-state index in [1.54, 1.807) is 22.8 Å². The molecule has 0 saturated heterocycles. The van der Waals surface area contributed by atoms with Crippen LogP contribution in [0.3, 0.4) is 0 Å². The molecule has 0 aliphatic heterocycles. The highest BCUT2D eigenvalue weighted by Gasteiger charge is 2.22. The summed E-state index contributed by atoms with van der Waals surface area (Å²) in [5.41, 5.74) is 2.53. The zero-order valence-corrected chi connectivity index (χ0v) is 14.9. The van der Waals surface area contributed by atoms with E-state index in [0.29, 0.717) is 4.88 Å². The Bertz CT molecular complexity index is 855. The van der Waals surface area contributed by atoms with E-state index in [-0.39, 0.29) is 5.91 Å². The summed E-state index contributed by atoms with van der Waals surface area (Å²) in [4.78, 5) is 21.6. The molecule has 0 atom stereocenters. The molecular formula is C17H19N5OS. The Kier molecular flexibility index (Phi) is 4.35. The summed E-state index contributed by atoms with van der Waals surface area (Å²) in [6, 6.07) is 9.59. The maximum absolute atomic E-state index is 12.8. The van der Waals surface area contributed by atoms with E-state index in [1.807, 2.05) is 62.4 Å². The second-order valence-electron chi connectivity index (χ2n) is 5.54. The maximum atomic E-state index is 12.8. The number of para-hydroxylation sites is 1. The Morgan fingerprint density at radius 3 is 2.50 bits per heavy atom. The highest BCUT2D eigenvalue weighted by atomic mass is 32.1. The van der Waals surface area contributed by atoms with Crippen LogP contribution in [0.2, 0.25) is 0 Å².